The summed E-state index contributed by atoms with van der Waals surface area (Å²) < 4.78 is 0. The van der Waals surface area contributed by atoms with Crippen molar-refractivity contribution in [2.24, 2.45) is 0 Å². The molecule has 16 heteroatoms. The monoisotopic (exact) mass is 1310 g/mol. The van der Waals surface area contributed by atoms with E-state index >= 15 is 0 Å². The fourth-order valence-corrected chi connectivity index (χ4v) is 1880. The first-order valence-corrected chi connectivity index (χ1v) is 89.9. The molecule has 7 aliphatic rings. The molecule has 76 heavy (non-hydrogen) atoms. The Bertz CT molecular complexity index is 1920. The molecule has 0 aliphatic carbocycles. The van der Waals surface area contributed by atoms with Crippen LogP contribution in [0.25, 0.3) is 0 Å². The summed E-state index contributed by atoms with van der Waals surface area (Å²) in [5.41, 5.74) is 21.3. The standard InChI is InChI=1S/C60H140Si16/c1-41(2)61(42(3)4)62(43(5)6,44(7)8)66(50(19)20)65(61,49(17)18)69(53(25)26)70(66,54(27)28)74(58(35)36)73(69,57(33)34)75(59(37)38)71(55(29)30)67(51(21)22)63(45(9)10,46(11)12)64(47(13)14,48(15)16)68(67,52(23)24)72(71,56(31)32)76(74,75)60(39)40/h41-60H,1-40H3/t65-,66+,67-,68+,69+,70-,71+,72-,73?,74?,75?,76?. The highest BCUT2D eigenvalue weighted by molar-refractivity contribution is 8.83. The second-order valence-electron chi connectivity index (χ2n) is 36.3. The molecule has 0 saturated carbocycles. The van der Waals surface area contributed by atoms with Gasteiger partial charge in [0.1, 0.15) is 0 Å². The molecule has 0 N–H and O–H groups in total. The minimum absolute atomic E-state index is 1.01. The van der Waals surface area contributed by atoms with Crippen LogP contribution >= 0.6 is 0 Å². The molecule has 0 spiro atoms. The lowest BCUT2D eigenvalue weighted by atomic mass is 10.5. The number of fused-ring (bicyclic) bond motifs is 16. The van der Waals surface area contributed by atoms with E-state index in [1.54, 1.807) is 0 Å². The Balaban J connectivity index is 2.08. The van der Waals surface area contributed by atoms with E-state index in [1.807, 2.05) is 0 Å². The molecule has 7 saturated heterocycles. The van der Waals surface area contributed by atoms with E-state index in [9.17, 15) is 0 Å². The van der Waals surface area contributed by atoms with Gasteiger partial charge in [0.15, 0.2) is 0 Å². The molecule has 0 nitrogen and oxygen atoms in total. The van der Waals surface area contributed by atoms with Gasteiger partial charge in [0.2, 0.25) is 0 Å². The maximum atomic E-state index is 3.30. The Morgan fingerprint density at radius 1 is 0.0921 bits per heavy atom. The number of hydrogen-bond acceptors (Lipinski definition) is 0. The van der Waals surface area contributed by atoms with Crippen molar-refractivity contribution in [3.05, 3.63) is 0 Å². The van der Waals surface area contributed by atoms with Crippen molar-refractivity contribution in [3.63, 3.8) is 0 Å². The lowest BCUT2D eigenvalue weighted by Gasteiger charge is -3.26. The molecule has 0 aromatic rings. The molecule has 0 radical (unpaired) electrons. The molecule has 7 aliphatic heterocycles. The van der Waals surface area contributed by atoms with Gasteiger partial charge in [-0.3, -0.25) is 0 Å². The first-order valence-electron chi connectivity index (χ1n) is 34.4. The van der Waals surface area contributed by atoms with E-state index in [0.29, 0.717) is 0 Å². The molecule has 4 unspecified atom stereocenters. The van der Waals surface area contributed by atoms with Crippen LogP contribution in [-0.4, -0.2) is 108 Å². The van der Waals surface area contributed by atoms with Crippen LogP contribution in [0, 0.1) is 0 Å². The van der Waals surface area contributed by atoms with Gasteiger partial charge >= 0.3 is 0 Å². The molecule has 444 valence electrons. The third kappa shape index (κ3) is 4.38. The van der Waals surface area contributed by atoms with Crippen molar-refractivity contribution < 1.29 is 0 Å². The van der Waals surface area contributed by atoms with E-state index in [4.69, 9.17) is 0 Å². The Morgan fingerprint density at radius 3 is 0.211 bits per heavy atom. The van der Waals surface area contributed by atoms with Crippen LogP contribution in [0.4, 0.5) is 0 Å². The molecule has 0 bridgehead atoms. The highest BCUT2D eigenvalue weighted by Gasteiger charge is 3.33. The van der Waals surface area contributed by atoms with Crippen LogP contribution in [-0.2, 0) is 0 Å². The van der Waals surface area contributed by atoms with Crippen molar-refractivity contribution in [2.75, 3.05) is 0 Å². The van der Waals surface area contributed by atoms with Crippen LogP contribution < -0.4 is 0 Å². The zero-order valence-electron chi connectivity index (χ0n) is 59.5. The largest absolute Gasteiger partial charge is 0.0659 e. The Hall–Kier alpha value is 3.47. The summed E-state index contributed by atoms with van der Waals surface area (Å²) in [5, 5.41) is 0. The molecule has 0 amide bonds. The molecular weight excluding hydrogens is 1170 g/mol. The SMILES string of the molecule is CC(C)[Si]1(C(C)C)[Si](C(C)C)(C(C)C)[Si@]2(C(C)C)[Si@@]1(C(C)C)[Si@@]1(C(C)C)[Si]3(C(C)C)[Si](C(C)C)([Si]4(C(C)C)[Si]3(C(C)C)[Si@]3(C(C)C)[Si@@]5(C(C)C)[Si](C(C)C)(C(C)C)[Si](C(C)C)(C(C)C)[Si@@]5(C(C)C)[Si@]43C(C)C)[Si@@]21C(C)C. The third-order valence-electron chi connectivity index (χ3n) is 31.6. The Labute approximate surface area is 491 Å². The van der Waals surface area contributed by atoms with Crippen molar-refractivity contribution in [2.45, 2.75) is 388 Å². The van der Waals surface area contributed by atoms with Gasteiger partial charge in [-0.05, 0) is 0 Å². The van der Waals surface area contributed by atoms with Gasteiger partial charge in [0.05, 0.1) is 0 Å². The third-order valence-corrected chi connectivity index (χ3v) is 721. The Kier molecular flexibility index (Phi) is 16.3. The quantitative estimate of drug-likeness (QED) is 0.107. The first-order chi connectivity index (χ1) is 34.4. The highest BCUT2D eigenvalue weighted by Crippen LogP contribution is 3.05. The average Bonchev–Trinajstić information content (AvgIpc) is 3.19. The smallest absolute Gasteiger partial charge is 0.0400 e. The second-order valence-corrected chi connectivity index (χ2v) is 251. The van der Waals surface area contributed by atoms with Gasteiger partial charge in [-0.1, -0.05) is 388 Å². The fraction of sp³-hybridized carbons (Fsp3) is 1.00. The topological polar surface area (TPSA) is 0 Å². The van der Waals surface area contributed by atoms with Gasteiger partial charge in [0.25, 0.3) is 0 Å². The molecule has 0 aromatic heterocycles. The maximum Gasteiger partial charge on any atom is 0.0400 e. The van der Waals surface area contributed by atoms with Crippen LogP contribution in [0.3, 0.4) is 0 Å². The van der Waals surface area contributed by atoms with E-state index in [0.717, 1.165) is 111 Å². The maximum absolute atomic E-state index is 3.30. The zero-order valence-corrected chi connectivity index (χ0v) is 75.5. The summed E-state index contributed by atoms with van der Waals surface area (Å²) in [7, 11) is -7.54. The van der Waals surface area contributed by atoms with Gasteiger partial charge in [-0.15, -0.1) is 0 Å². The highest BCUT2D eigenvalue weighted by atomic mass is 31.0. The zero-order chi connectivity index (χ0) is 59.5. The first kappa shape index (κ1) is 67.0. The fourth-order valence-electron chi connectivity index (χ4n) is 38.8. The number of hydrogen-bond donors (Lipinski definition) is 0. The predicted octanol–water partition coefficient (Wildman–Crippen LogP) is 21.2. The van der Waals surface area contributed by atoms with E-state index in [2.05, 4.69) is 277 Å². The Morgan fingerprint density at radius 2 is 0.158 bits per heavy atom. The molecule has 12 atom stereocenters. The van der Waals surface area contributed by atoms with Crippen LogP contribution in [0.15, 0.2) is 0 Å². The number of rotatable bonds is 20. The lowest BCUT2D eigenvalue weighted by molar-refractivity contribution is 0.862. The summed E-state index contributed by atoms with van der Waals surface area (Å²) >= 11 is 0. The van der Waals surface area contributed by atoms with Gasteiger partial charge in [-0.25, -0.2) is 0 Å². The summed E-state index contributed by atoms with van der Waals surface area (Å²) in [5.74, 6) is 0. The van der Waals surface area contributed by atoms with Gasteiger partial charge < -0.3 is 0 Å². The van der Waals surface area contributed by atoms with E-state index in [1.165, 1.54) is 0 Å². The summed E-state index contributed by atoms with van der Waals surface area (Å²) in [6.07, 6.45) is 0. The normalized spacial score (nSPS) is 44.1. The van der Waals surface area contributed by atoms with Gasteiger partial charge in [0, 0.05) is 108 Å². The van der Waals surface area contributed by atoms with Crippen molar-refractivity contribution in [3.8, 4) is 0 Å². The van der Waals surface area contributed by atoms with Crippen LogP contribution in [0.1, 0.15) is 277 Å². The van der Waals surface area contributed by atoms with Crippen LogP contribution in [0.5, 0.6) is 0 Å². The average molecular weight is 1310 g/mol. The summed E-state index contributed by atoms with van der Waals surface area (Å²) in [4.78, 5) is 0. The minimum atomic E-state index is -1.99. The molecular formula is C60H140Si16. The van der Waals surface area contributed by atoms with E-state index < -0.39 is 108 Å². The predicted molar refractivity (Wildman–Crippen MR) is 394 cm³/mol. The molecule has 7 rings (SSSR count). The molecule has 7 heterocycles. The van der Waals surface area contributed by atoms with Crippen molar-refractivity contribution >= 4 is 108 Å². The minimum Gasteiger partial charge on any atom is -0.0659 e. The van der Waals surface area contributed by atoms with Crippen molar-refractivity contribution in [1.82, 2.24) is 0 Å². The summed E-state index contributed by atoms with van der Waals surface area (Å²) in [6.45, 7) is 104. The van der Waals surface area contributed by atoms with Crippen molar-refractivity contribution in [1.29, 1.82) is 0 Å². The van der Waals surface area contributed by atoms with Crippen LogP contribution in [0.2, 0.25) is 111 Å². The lowest BCUT2D eigenvalue weighted by Crippen LogP contribution is -3.58. The molecule has 0 aromatic carbocycles. The van der Waals surface area contributed by atoms with E-state index in [-0.39, 0.29) is 0 Å². The van der Waals surface area contributed by atoms with Gasteiger partial charge in [-0.2, -0.15) is 0 Å². The molecule has 7 fully saturated rings. The second kappa shape index (κ2) is 18.5. The summed E-state index contributed by atoms with van der Waals surface area (Å²) in [6, 6.07) is 0.